The molecule has 1 saturated heterocycles. The lowest BCUT2D eigenvalue weighted by atomic mass is 9.98. The van der Waals surface area contributed by atoms with Crippen molar-refractivity contribution in [1.82, 2.24) is 4.90 Å². The fourth-order valence-corrected chi connectivity index (χ4v) is 1.70. The number of aliphatic hydroxyl groups is 1. The third kappa shape index (κ3) is 2.14. The number of hydrogen-bond donors (Lipinski definition) is 1. The summed E-state index contributed by atoms with van der Waals surface area (Å²) in [5, 5.41) is 9.13. The van der Waals surface area contributed by atoms with Gasteiger partial charge in [0.05, 0.1) is 0 Å². The fraction of sp³-hybridized carbons (Fsp3) is 1.00. The molecule has 2 unspecified atom stereocenters. The summed E-state index contributed by atoms with van der Waals surface area (Å²) in [4.78, 5) is 1.82. The second kappa shape index (κ2) is 4.14. The summed E-state index contributed by atoms with van der Waals surface area (Å²) in [6.07, 6.45) is -1.42. The summed E-state index contributed by atoms with van der Waals surface area (Å²) < 4.78 is 24.2. The molecule has 1 fully saturated rings. The quantitative estimate of drug-likeness (QED) is 0.686. The molecule has 4 heteroatoms. The Bertz CT molecular complexity index is 143. The van der Waals surface area contributed by atoms with E-state index in [2.05, 4.69) is 0 Å². The number of halogens is 2. The molecule has 2 atom stereocenters. The first-order chi connectivity index (χ1) is 5.63. The molecule has 0 amide bonds. The highest BCUT2D eigenvalue weighted by atomic mass is 19.3. The SMILES string of the molecule is CN1CCCCC1C(O)C(F)F. The number of aliphatic hydroxyl groups excluding tert-OH is 1. The topological polar surface area (TPSA) is 23.5 Å². The van der Waals surface area contributed by atoms with Crippen molar-refractivity contribution in [3.8, 4) is 0 Å². The second-order valence-electron chi connectivity index (χ2n) is 3.37. The Balaban J connectivity index is 2.47. The lowest BCUT2D eigenvalue weighted by Crippen LogP contribution is -2.47. The number of rotatable bonds is 2. The lowest BCUT2D eigenvalue weighted by molar-refractivity contribution is -0.0605. The van der Waals surface area contributed by atoms with Gasteiger partial charge < -0.3 is 10.0 Å². The van der Waals surface area contributed by atoms with Gasteiger partial charge in [-0.05, 0) is 26.4 Å². The molecule has 0 aromatic carbocycles. The van der Waals surface area contributed by atoms with Crippen LogP contribution in [0.3, 0.4) is 0 Å². The maximum absolute atomic E-state index is 12.1. The molecule has 0 spiro atoms. The van der Waals surface area contributed by atoms with E-state index < -0.39 is 12.5 Å². The van der Waals surface area contributed by atoms with E-state index in [-0.39, 0.29) is 6.04 Å². The van der Waals surface area contributed by atoms with Crippen molar-refractivity contribution < 1.29 is 13.9 Å². The van der Waals surface area contributed by atoms with E-state index in [1.807, 2.05) is 4.90 Å². The fourth-order valence-electron chi connectivity index (χ4n) is 1.70. The van der Waals surface area contributed by atoms with Crippen LogP contribution in [0, 0.1) is 0 Å². The third-order valence-corrected chi connectivity index (χ3v) is 2.48. The minimum Gasteiger partial charge on any atom is -0.386 e. The number of hydrogen-bond acceptors (Lipinski definition) is 2. The standard InChI is InChI=1S/C8H15F2NO/c1-11-5-3-2-4-6(11)7(12)8(9)10/h6-8,12H,2-5H2,1H3. The predicted molar refractivity (Wildman–Crippen MR) is 42.3 cm³/mol. The van der Waals surface area contributed by atoms with Crippen LogP contribution in [0.2, 0.25) is 0 Å². The van der Waals surface area contributed by atoms with Crippen LogP contribution in [0.5, 0.6) is 0 Å². The molecule has 0 aromatic heterocycles. The van der Waals surface area contributed by atoms with Gasteiger partial charge in [-0.2, -0.15) is 0 Å². The van der Waals surface area contributed by atoms with Crippen LogP contribution in [0.25, 0.3) is 0 Å². The molecule has 0 radical (unpaired) electrons. The van der Waals surface area contributed by atoms with Gasteiger partial charge in [0.25, 0.3) is 6.43 Å². The number of likely N-dealkylation sites (tertiary alicyclic amines) is 1. The van der Waals surface area contributed by atoms with E-state index >= 15 is 0 Å². The van der Waals surface area contributed by atoms with Crippen LogP contribution in [0.4, 0.5) is 8.78 Å². The lowest BCUT2D eigenvalue weighted by Gasteiger charge is -2.35. The van der Waals surface area contributed by atoms with E-state index in [0.29, 0.717) is 6.42 Å². The number of likely N-dealkylation sites (N-methyl/N-ethyl adjacent to an activating group) is 1. The molecule has 0 saturated carbocycles. The Kier molecular flexibility index (Phi) is 3.40. The minimum absolute atomic E-state index is 0.348. The van der Waals surface area contributed by atoms with Gasteiger partial charge in [0, 0.05) is 6.04 Å². The van der Waals surface area contributed by atoms with Crippen LogP contribution in [0.15, 0.2) is 0 Å². The molecular weight excluding hydrogens is 164 g/mol. The van der Waals surface area contributed by atoms with Crippen LogP contribution >= 0.6 is 0 Å². The van der Waals surface area contributed by atoms with E-state index in [9.17, 15) is 8.78 Å². The Hall–Kier alpha value is -0.220. The molecule has 1 aliphatic rings. The summed E-state index contributed by atoms with van der Waals surface area (Å²) in [7, 11) is 1.79. The van der Waals surface area contributed by atoms with Gasteiger partial charge in [0.15, 0.2) is 0 Å². The zero-order valence-electron chi connectivity index (χ0n) is 7.21. The average Bonchev–Trinajstić information content (AvgIpc) is 2.04. The molecular formula is C8H15F2NO. The van der Waals surface area contributed by atoms with Gasteiger partial charge in [0.2, 0.25) is 0 Å². The minimum atomic E-state index is -2.62. The van der Waals surface area contributed by atoms with Crippen molar-refractivity contribution in [2.75, 3.05) is 13.6 Å². The molecule has 2 nitrogen and oxygen atoms in total. The van der Waals surface area contributed by atoms with Gasteiger partial charge in [-0.25, -0.2) is 8.78 Å². The molecule has 0 aromatic rings. The van der Waals surface area contributed by atoms with Crippen molar-refractivity contribution in [3.05, 3.63) is 0 Å². The maximum atomic E-state index is 12.1. The number of piperidine rings is 1. The average molecular weight is 179 g/mol. The normalized spacial score (nSPS) is 29.2. The highest BCUT2D eigenvalue weighted by Crippen LogP contribution is 2.20. The summed E-state index contributed by atoms with van der Waals surface area (Å²) in [6, 6.07) is -0.348. The monoisotopic (exact) mass is 179 g/mol. The Morgan fingerprint density at radius 1 is 1.42 bits per heavy atom. The van der Waals surface area contributed by atoms with Gasteiger partial charge in [-0.15, -0.1) is 0 Å². The molecule has 1 rings (SSSR count). The van der Waals surface area contributed by atoms with E-state index in [0.717, 1.165) is 19.4 Å². The molecule has 1 N–H and O–H groups in total. The largest absolute Gasteiger partial charge is 0.386 e. The van der Waals surface area contributed by atoms with Crippen LogP contribution < -0.4 is 0 Å². The summed E-state index contributed by atoms with van der Waals surface area (Å²) in [5.41, 5.74) is 0. The second-order valence-corrected chi connectivity index (χ2v) is 3.37. The summed E-state index contributed by atoms with van der Waals surface area (Å²) in [5.74, 6) is 0. The predicted octanol–water partition coefficient (Wildman–Crippen LogP) is 1.10. The van der Waals surface area contributed by atoms with Crippen LogP contribution in [0.1, 0.15) is 19.3 Å². The van der Waals surface area contributed by atoms with E-state index in [4.69, 9.17) is 5.11 Å². The zero-order chi connectivity index (χ0) is 9.14. The Labute approximate surface area is 71.2 Å². The van der Waals surface area contributed by atoms with Gasteiger partial charge in [-0.1, -0.05) is 6.42 Å². The Morgan fingerprint density at radius 3 is 2.58 bits per heavy atom. The first-order valence-electron chi connectivity index (χ1n) is 4.29. The summed E-state index contributed by atoms with van der Waals surface area (Å²) in [6.45, 7) is 0.814. The summed E-state index contributed by atoms with van der Waals surface area (Å²) >= 11 is 0. The first-order valence-corrected chi connectivity index (χ1v) is 4.29. The highest BCUT2D eigenvalue weighted by molar-refractivity contribution is 4.82. The molecule has 72 valence electrons. The number of alkyl halides is 2. The van der Waals surface area contributed by atoms with Crippen LogP contribution in [-0.4, -0.2) is 42.2 Å². The van der Waals surface area contributed by atoms with Crippen molar-refractivity contribution in [2.24, 2.45) is 0 Å². The molecule has 12 heavy (non-hydrogen) atoms. The molecule has 0 bridgehead atoms. The molecule has 0 aliphatic carbocycles. The Morgan fingerprint density at radius 2 is 2.08 bits per heavy atom. The van der Waals surface area contributed by atoms with Crippen molar-refractivity contribution in [2.45, 2.75) is 37.8 Å². The number of nitrogens with zero attached hydrogens (tertiary/aromatic N) is 1. The smallest absolute Gasteiger partial charge is 0.265 e. The van der Waals surface area contributed by atoms with Gasteiger partial charge in [-0.3, -0.25) is 0 Å². The molecule has 1 heterocycles. The third-order valence-electron chi connectivity index (χ3n) is 2.48. The van der Waals surface area contributed by atoms with E-state index in [1.54, 1.807) is 7.05 Å². The van der Waals surface area contributed by atoms with Crippen LogP contribution in [-0.2, 0) is 0 Å². The molecule has 1 aliphatic heterocycles. The zero-order valence-corrected chi connectivity index (χ0v) is 7.21. The van der Waals surface area contributed by atoms with E-state index in [1.165, 1.54) is 0 Å². The highest BCUT2D eigenvalue weighted by Gasteiger charge is 2.31. The van der Waals surface area contributed by atoms with Gasteiger partial charge in [0.1, 0.15) is 6.10 Å². The van der Waals surface area contributed by atoms with Crippen molar-refractivity contribution in [1.29, 1.82) is 0 Å². The van der Waals surface area contributed by atoms with Gasteiger partial charge >= 0.3 is 0 Å². The first kappa shape index (κ1) is 9.86. The maximum Gasteiger partial charge on any atom is 0.265 e. The van der Waals surface area contributed by atoms with Crippen molar-refractivity contribution in [3.63, 3.8) is 0 Å². The van der Waals surface area contributed by atoms with Crippen molar-refractivity contribution >= 4 is 0 Å².